The van der Waals surface area contributed by atoms with E-state index in [1.54, 1.807) is 0 Å². The number of imide groups is 1. The lowest BCUT2D eigenvalue weighted by molar-refractivity contribution is -0.197. The van der Waals surface area contributed by atoms with Gasteiger partial charge >= 0.3 is 5.97 Å². The molecule has 5 rings (SSSR count). The average molecular weight is 382 g/mol. The molecule has 5 nitrogen and oxygen atoms in total. The van der Waals surface area contributed by atoms with Gasteiger partial charge in [0, 0.05) is 25.5 Å². The number of nitrogens with zero attached hydrogens (tertiary/aromatic N) is 1. The van der Waals surface area contributed by atoms with Crippen LogP contribution >= 0.6 is 11.6 Å². The average Bonchev–Trinajstić information content (AvgIpc) is 2.81. The van der Waals surface area contributed by atoms with Gasteiger partial charge in [0.15, 0.2) is 10.5 Å². The number of amides is 2. The third kappa shape index (κ3) is 1.61. The quantitative estimate of drug-likeness (QED) is 0.433. The van der Waals surface area contributed by atoms with Crippen LogP contribution in [0.1, 0.15) is 24.0 Å². The minimum absolute atomic E-state index is 0.336. The number of carbonyl (C=O) groups is 3. The molecule has 1 heterocycles. The lowest BCUT2D eigenvalue weighted by Gasteiger charge is -2.62. The van der Waals surface area contributed by atoms with Crippen LogP contribution in [0.3, 0.4) is 0 Å². The number of alkyl halides is 1. The van der Waals surface area contributed by atoms with Crippen molar-refractivity contribution in [1.82, 2.24) is 4.90 Å². The summed E-state index contributed by atoms with van der Waals surface area (Å²) in [5, 5.41) is 0. The van der Waals surface area contributed by atoms with Crippen LogP contribution in [0.25, 0.3) is 11.1 Å². The van der Waals surface area contributed by atoms with Crippen LogP contribution in [0.15, 0.2) is 48.5 Å². The molecule has 2 fully saturated rings. The lowest BCUT2D eigenvalue weighted by atomic mass is 9.46. The number of hydrogen-bond acceptors (Lipinski definition) is 4. The van der Waals surface area contributed by atoms with Crippen molar-refractivity contribution in [2.75, 3.05) is 7.05 Å². The molecule has 3 aliphatic rings. The van der Waals surface area contributed by atoms with E-state index in [0.717, 1.165) is 21.6 Å². The Hall–Kier alpha value is -2.66. The Morgan fingerprint density at radius 2 is 1.67 bits per heavy atom. The first-order valence-electron chi connectivity index (χ1n) is 8.75. The van der Waals surface area contributed by atoms with Gasteiger partial charge in [0.1, 0.15) is 0 Å². The van der Waals surface area contributed by atoms with Crippen molar-refractivity contribution >= 4 is 29.4 Å². The molecule has 1 saturated heterocycles. The van der Waals surface area contributed by atoms with E-state index < -0.39 is 34.2 Å². The fraction of sp³-hybridized carbons (Fsp3) is 0.286. The molecule has 0 spiro atoms. The van der Waals surface area contributed by atoms with E-state index in [9.17, 15) is 14.4 Å². The number of benzene rings is 2. The highest BCUT2D eigenvalue weighted by molar-refractivity contribution is 6.43. The molecule has 1 saturated carbocycles. The second-order valence-corrected chi connectivity index (χ2v) is 7.93. The number of hydrogen-bond donors (Lipinski definition) is 0. The van der Waals surface area contributed by atoms with Gasteiger partial charge in [-0.15, -0.1) is 11.6 Å². The highest BCUT2D eigenvalue weighted by Crippen LogP contribution is 2.74. The van der Waals surface area contributed by atoms with Crippen LogP contribution in [0, 0.1) is 5.92 Å². The van der Waals surface area contributed by atoms with Crippen LogP contribution in [-0.4, -0.2) is 34.6 Å². The Kier molecular flexibility index (Phi) is 3.05. The van der Waals surface area contributed by atoms with E-state index in [1.807, 2.05) is 48.5 Å². The van der Waals surface area contributed by atoms with E-state index in [4.69, 9.17) is 16.3 Å². The van der Waals surface area contributed by atoms with Crippen LogP contribution in [0.5, 0.6) is 0 Å². The zero-order valence-corrected chi connectivity index (χ0v) is 15.5. The zero-order chi connectivity index (χ0) is 19.1. The monoisotopic (exact) mass is 381 g/mol. The molecule has 0 bridgehead atoms. The summed E-state index contributed by atoms with van der Waals surface area (Å²) in [7, 11) is 1.43. The summed E-state index contributed by atoms with van der Waals surface area (Å²) in [6, 6.07) is 15.2. The van der Waals surface area contributed by atoms with Gasteiger partial charge in [0.2, 0.25) is 5.91 Å². The van der Waals surface area contributed by atoms with Crippen molar-refractivity contribution in [2.45, 2.75) is 23.3 Å². The van der Waals surface area contributed by atoms with E-state index in [2.05, 4.69) is 0 Å². The van der Waals surface area contributed by atoms with E-state index in [1.165, 1.54) is 14.0 Å². The van der Waals surface area contributed by atoms with Crippen molar-refractivity contribution in [3.63, 3.8) is 0 Å². The maximum absolute atomic E-state index is 13.0. The smallest absolute Gasteiger partial charge is 0.303 e. The number of likely N-dealkylation sites (tertiary alicyclic amines) is 1. The third-order valence-corrected chi connectivity index (χ3v) is 6.85. The summed E-state index contributed by atoms with van der Waals surface area (Å²) in [5.41, 5.74) is 1.96. The van der Waals surface area contributed by atoms with Gasteiger partial charge in [-0.2, -0.15) is 0 Å². The van der Waals surface area contributed by atoms with Crippen molar-refractivity contribution in [3.05, 3.63) is 59.7 Å². The van der Waals surface area contributed by atoms with Crippen molar-refractivity contribution in [1.29, 1.82) is 0 Å². The van der Waals surface area contributed by atoms with Crippen molar-refractivity contribution in [2.24, 2.45) is 5.92 Å². The van der Waals surface area contributed by atoms with E-state index >= 15 is 0 Å². The van der Waals surface area contributed by atoms with E-state index in [0.29, 0.717) is 5.56 Å². The highest BCUT2D eigenvalue weighted by atomic mass is 35.5. The van der Waals surface area contributed by atoms with Gasteiger partial charge in [0.25, 0.3) is 5.91 Å². The zero-order valence-electron chi connectivity index (χ0n) is 14.7. The van der Waals surface area contributed by atoms with Crippen LogP contribution in [0.4, 0.5) is 0 Å². The van der Waals surface area contributed by atoms with Gasteiger partial charge in [-0.25, -0.2) is 0 Å². The molecular weight excluding hydrogens is 366 g/mol. The third-order valence-electron chi connectivity index (χ3n) is 6.17. The van der Waals surface area contributed by atoms with Crippen LogP contribution < -0.4 is 0 Å². The molecule has 0 radical (unpaired) electrons. The molecule has 2 amide bonds. The number of rotatable bonds is 1. The molecule has 136 valence electrons. The fourth-order valence-corrected chi connectivity index (χ4v) is 5.82. The number of carbonyl (C=O) groups excluding carboxylic acids is 3. The largest absolute Gasteiger partial charge is 0.451 e. The predicted molar refractivity (Wildman–Crippen MR) is 97.9 cm³/mol. The summed E-state index contributed by atoms with van der Waals surface area (Å²) in [6.07, 6.45) is 0. The number of fused-ring (bicyclic) bond motifs is 9. The highest BCUT2D eigenvalue weighted by Gasteiger charge is 2.85. The maximum atomic E-state index is 13.0. The normalized spacial score (nSPS) is 32.8. The first kappa shape index (κ1) is 16.5. The second kappa shape index (κ2) is 4.98. The number of ether oxygens (including phenoxy) is 1. The number of esters is 1. The molecule has 4 atom stereocenters. The van der Waals surface area contributed by atoms with Gasteiger partial charge in [-0.1, -0.05) is 48.5 Å². The Morgan fingerprint density at radius 1 is 1.04 bits per heavy atom. The molecule has 2 aliphatic carbocycles. The van der Waals surface area contributed by atoms with Gasteiger partial charge in [-0.05, 0) is 16.7 Å². The molecule has 1 aliphatic heterocycles. The molecule has 2 aromatic carbocycles. The molecule has 0 aromatic heterocycles. The minimum Gasteiger partial charge on any atom is -0.451 e. The fourth-order valence-electron chi connectivity index (χ4n) is 5.22. The molecule has 3 unspecified atom stereocenters. The topological polar surface area (TPSA) is 63.7 Å². The van der Waals surface area contributed by atoms with Crippen molar-refractivity contribution in [3.8, 4) is 11.1 Å². The molecule has 2 aromatic rings. The Balaban J connectivity index is 1.90. The summed E-state index contributed by atoms with van der Waals surface area (Å²) >= 11 is 6.92. The van der Waals surface area contributed by atoms with Crippen LogP contribution in [0.2, 0.25) is 0 Å². The Morgan fingerprint density at radius 3 is 2.37 bits per heavy atom. The van der Waals surface area contributed by atoms with Crippen LogP contribution in [-0.2, 0) is 24.7 Å². The maximum Gasteiger partial charge on any atom is 0.303 e. The molecular formula is C21H16ClNO4. The standard InChI is InChI=1S/C21H16ClNO4/c1-11(24)27-21-15-10-6-5-8-13(15)12-7-3-4-9-14(12)16(21)17-18(25)23(2)19(26)20(17,21)22/h3-10,16-17H,1-2H3/t16?,17?,20?,21-/m1/s1. The SMILES string of the molecule is CC(=O)O[C@]12c3ccccc3-c3ccccc3C1C1C(=O)N(C)C(=O)C12Cl. The molecule has 27 heavy (non-hydrogen) atoms. The van der Waals surface area contributed by atoms with Gasteiger partial charge < -0.3 is 4.74 Å². The Bertz CT molecular complexity index is 1050. The number of halogens is 1. The first-order chi connectivity index (χ1) is 12.9. The second-order valence-electron chi connectivity index (χ2n) is 7.33. The van der Waals surface area contributed by atoms with E-state index in [-0.39, 0.29) is 5.91 Å². The summed E-state index contributed by atoms with van der Waals surface area (Å²) in [6.45, 7) is 1.30. The van der Waals surface area contributed by atoms with Crippen molar-refractivity contribution < 1.29 is 19.1 Å². The summed E-state index contributed by atoms with van der Waals surface area (Å²) in [4.78, 5) is 37.5. The Labute approximate surface area is 160 Å². The minimum atomic E-state index is -1.64. The molecule has 6 heteroatoms. The van der Waals surface area contributed by atoms with Gasteiger partial charge in [0.05, 0.1) is 5.92 Å². The summed E-state index contributed by atoms with van der Waals surface area (Å²) < 4.78 is 5.87. The predicted octanol–water partition coefficient (Wildman–Crippen LogP) is 2.82. The lowest BCUT2D eigenvalue weighted by Crippen LogP contribution is -2.73. The molecule has 0 N–H and O–H groups in total. The summed E-state index contributed by atoms with van der Waals surface area (Å²) in [5.74, 6) is -2.68. The van der Waals surface area contributed by atoms with Gasteiger partial charge in [-0.3, -0.25) is 19.3 Å². The first-order valence-corrected chi connectivity index (χ1v) is 9.12.